The van der Waals surface area contributed by atoms with Gasteiger partial charge in [0.05, 0.1) is 13.2 Å². The fourth-order valence-electron chi connectivity index (χ4n) is 2.56. The zero-order valence-corrected chi connectivity index (χ0v) is 14.0. The number of nitrogens with zero attached hydrogens (tertiary/aromatic N) is 2. The van der Waals surface area contributed by atoms with Crippen LogP contribution in [-0.2, 0) is 11.3 Å². The van der Waals surface area contributed by atoms with Crippen molar-refractivity contribution in [3.05, 3.63) is 64.9 Å². The third-order valence-corrected chi connectivity index (χ3v) is 4.46. The summed E-state index contributed by atoms with van der Waals surface area (Å²) in [6, 6.07) is 14.7. The number of benzene rings is 2. The molecule has 1 aliphatic rings. The maximum Gasteiger partial charge on any atom is 0.141 e. The average molecular weight is 355 g/mol. The van der Waals surface area contributed by atoms with Gasteiger partial charge in [0, 0.05) is 29.4 Å². The Morgan fingerprint density at radius 2 is 1.91 bits per heavy atom. The molecule has 0 aliphatic carbocycles. The van der Waals surface area contributed by atoms with Crippen molar-refractivity contribution in [2.75, 3.05) is 24.5 Å². The van der Waals surface area contributed by atoms with E-state index in [9.17, 15) is 4.39 Å². The fraction of sp³-hybridized carbons (Fsp3) is 0.294. The van der Waals surface area contributed by atoms with Gasteiger partial charge in [-0.25, -0.2) is 4.39 Å². The third-order valence-electron chi connectivity index (χ3n) is 3.84. The Bertz CT molecular complexity index is 656. The molecule has 6 heteroatoms. The highest BCUT2D eigenvalue weighted by atomic mass is 35.5. The van der Waals surface area contributed by atoms with E-state index >= 15 is 0 Å². The van der Waals surface area contributed by atoms with Crippen LogP contribution in [0.3, 0.4) is 0 Å². The summed E-state index contributed by atoms with van der Waals surface area (Å²) in [5.41, 5.74) is 1.60. The lowest BCUT2D eigenvalue weighted by Gasteiger charge is -2.38. The zero-order chi connectivity index (χ0) is 16.2. The zero-order valence-electron chi connectivity index (χ0n) is 12.5. The van der Waals surface area contributed by atoms with Crippen LogP contribution in [0.4, 0.5) is 10.1 Å². The Morgan fingerprint density at radius 3 is 2.65 bits per heavy atom. The summed E-state index contributed by atoms with van der Waals surface area (Å²) in [6.07, 6.45) is -0.305. The molecule has 0 radical (unpaired) electrons. The summed E-state index contributed by atoms with van der Waals surface area (Å²) in [5.74, 6) is -0.366. The molecule has 122 valence electrons. The van der Waals surface area contributed by atoms with Crippen molar-refractivity contribution in [3.63, 3.8) is 0 Å². The molecule has 1 unspecified atom stereocenters. The average Bonchev–Trinajstić information content (AvgIpc) is 2.56. The molecule has 0 spiro atoms. The van der Waals surface area contributed by atoms with E-state index < -0.39 is 0 Å². The quantitative estimate of drug-likeness (QED) is 0.761. The van der Waals surface area contributed by atoms with Gasteiger partial charge < -0.3 is 9.64 Å². The van der Waals surface area contributed by atoms with Gasteiger partial charge in [-0.1, -0.05) is 35.9 Å². The first-order chi connectivity index (χ1) is 11.1. The fourth-order valence-corrected chi connectivity index (χ4v) is 2.91. The Morgan fingerprint density at radius 1 is 1.13 bits per heavy atom. The molecule has 1 atom stereocenters. The van der Waals surface area contributed by atoms with E-state index in [0.29, 0.717) is 23.7 Å². The molecule has 1 fully saturated rings. The lowest BCUT2D eigenvalue weighted by atomic mass is 10.2. The number of ether oxygens (including phenoxy) is 1. The van der Waals surface area contributed by atoms with E-state index in [4.69, 9.17) is 28.1 Å². The second kappa shape index (κ2) is 7.49. The molecule has 0 saturated carbocycles. The van der Waals surface area contributed by atoms with Gasteiger partial charge in [0.15, 0.2) is 0 Å². The van der Waals surface area contributed by atoms with Gasteiger partial charge >= 0.3 is 0 Å². The van der Waals surface area contributed by atoms with Crippen LogP contribution in [0.1, 0.15) is 5.56 Å². The molecule has 3 rings (SSSR count). The monoisotopic (exact) mass is 354 g/mol. The second-order valence-corrected chi connectivity index (χ2v) is 6.28. The SMILES string of the molecule is Fc1cc(Cl)ccc1COC1CN(c2ccccc2)CCN1Cl. The smallest absolute Gasteiger partial charge is 0.141 e. The van der Waals surface area contributed by atoms with E-state index in [1.54, 1.807) is 16.6 Å². The number of para-hydroxylation sites is 1. The molecule has 23 heavy (non-hydrogen) atoms. The van der Waals surface area contributed by atoms with Gasteiger partial charge in [-0.2, -0.15) is 4.42 Å². The lowest BCUT2D eigenvalue weighted by molar-refractivity contribution is -0.0334. The molecule has 0 amide bonds. The Balaban J connectivity index is 1.64. The third kappa shape index (κ3) is 4.15. The van der Waals surface area contributed by atoms with Crippen molar-refractivity contribution >= 4 is 29.1 Å². The van der Waals surface area contributed by atoms with Crippen molar-refractivity contribution in [2.45, 2.75) is 12.8 Å². The van der Waals surface area contributed by atoms with Crippen LogP contribution < -0.4 is 4.90 Å². The molecule has 2 aromatic carbocycles. The molecule has 0 bridgehead atoms. The van der Waals surface area contributed by atoms with Gasteiger partial charge in [-0.05, 0) is 36.0 Å². The summed E-state index contributed by atoms with van der Waals surface area (Å²) in [6.45, 7) is 2.27. The van der Waals surface area contributed by atoms with Gasteiger partial charge in [-0.15, -0.1) is 0 Å². The van der Waals surface area contributed by atoms with E-state index in [1.165, 1.54) is 6.07 Å². The van der Waals surface area contributed by atoms with Crippen LogP contribution in [0.2, 0.25) is 5.02 Å². The van der Waals surface area contributed by atoms with Crippen LogP contribution in [0.15, 0.2) is 48.5 Å². The molecule has 0 N–H and O–H groups in total. The van der Waals surface area contributed by atoms with E-state index in [1.807, 2.05) is 18.2 Å². The first kappa shape index (κ1) is 16.5. The number of hydrogen-bond donors (Lipinski definition) is 0. The van der Waals surface area contributed by atoms with Crippen molar-refractivity contribution < 1.29 is 9.13 Å². The molecule has 1 saturated heterocycles. The van der Waals surface area contributed by atoms with Gasteiger partial charge in [-0.3, -0.25) is 0 Å². The summed E-state index contributed by atoms with van der Waals surface area (Å²) in [4.78, 5) is 2.21. The van der Waals surface area contributed by atoms with Crippen molar-refractivity contribution in [1.29, 1.82) is 0 Å². The summed E-state index contributed by atoms with van der Waals surface area (Å²) in [7, 11) is 0. The highest BCUT2D eigenvalue weighted by Gasteiger charge is 2.27. The molecule has 3 nitrogen and oxygen atoms in total. The largest absolute Gasteiger partial charge is 0.366 e. The number of piperazine rings is 1. The minimum absolute atomic E-state index is 0.152. The highest BCUT2D eigenvalue weighted by molar-refractivity contribution is 6.30. The normalized spacial score (nSPS) is 19.1. The summed E-state index contributed by atoms with van der Waals surface area (Å²) < 4.78 is 21.3. The summed E-state index contributed by atoms with van der Waals surface area (Å²) in [5, 5.41) is 0.373. The number of rotatable bonds is 4. The van der Waals surface area contributed by atoms with E-state index in [2.05, 4.69) is 17.0 Å². The minimum atomic E-state index is -0.366. The Hall–Kier alpha value is -1.33. The standard InChI is InChI=1S/C17H17Cl2FN2O/c18-14-7-6-13(16(20)10-14)12-23-17-11-21(8-9-22(17)19)15-4-2-1-3-5-15/h1-7,10,17H,8-9,11-12H2. The molecule has 0 aromatic heterocycles. The van der Waals surface area contributed by atoms with Crippen molar-refractivity contribution in [1.82, 2.24) is 4.42 Å². The van der Waals surface area contributed by atoms with E-state index in [-0.39, 0.29) is 18.7 Å². The van der Waals surface area contributed by atoms with Gasteiger partial charge in [0.2, 0.25) is 0 Å². The van der Waals surface area contributed by atoms with Crippen LogP contribution in [-0.4, -0.2) is 30.3 Å². The van der Waals surface area contributed by atoms with Crippen LogP contribution >= 0.6 is 23.4 Å². The number of halogens is 3. The van der Waals surface area contributed by atoms with Gasteiger partial charge in [0.1, 0.15) is 12.0 Å². The molecule has 1 heterocycles. The van der Waals surface area contributed by atoms with E-state index in [0.717, 1.165) is 12.2 Å². The van der Waals surface area contributed by atoms with Crippen molar-refractivity contribution in [3.8, 4) is 0 Å². The van der Waals surface area contributed by atoms with Crippen LogP contribution in [0.5, 0.6) is 0 Å². The second-order valence-electron chi connectivity index (χ2n) is 5.41. The molecular formula is C17H17Cl2FN2O. The van der Waals surface area contributed by atoms with Gasteiger partial charge in [0.25, 0.3) is 0 Å². The number of hydrogen-bond acceptors (Lipinski definition) is 3. The highest BCUT2D eigenvalue weighted by Crippen LogP contribution is 2.22. The molecule has 2 aromatic rings. The maximum absolute atomic E-state index is 13.8. The predicted octanol–water partition coefficient (Wildman–Crippen LogP) is 4.30. The molecular weight excluding hydrogens is 338 g/mol. The minimum Gasteiger partial charge on any atom is -0.366 e. The maximum atomic E-state index is 13.8. The topological polar surface area (TPSA) is 15.7 Å². The summed E-state index contributed by atoms with van der Waals surface area (Å²) >= 11 is 12.0. The molecule has 1 aliphatic heterocycles. The predicted molar refractivity (Wildman–Crippen MR) is 91.2 cm³/mol. The lowest BCUT2D eigenvalue weighted by Crippen LogP contribution is -2.50. The Kier molecular flexibility index (Phi) is 5.38. The number of anilines is 1. The van der Waals surface area contributed by atoms with Crippen LogP contribution in [0, 0.1) is 5.82 Å². The Labute approximate surface area is 145 Å². The first-order valence-corrected chi connectivity index (χ1v) is 8.13. The first-order valence-electron chi connectivity index (χ1n) is 7.41. The van der Waals surface area contributed by atoms with Crippen molar-refractivity contribution in [2.24, 2.45) is 0 Å². The van der Waals surface area contributed by atoms with Crippen LogP contribution in [0.25, 0.3) is 0 Å².